The van der Waals surface area contributed by atoms with Gasteiger partial charge >= 0.3 is 0 Å². The molecule has 0 radical (unpaired) electrons. The Hall–Kier alpha value is -1.92. The van der Waals surface area contributed by atoms with Crippen molar-refractivity contribution in [3.63, 3.8) is 0 Å². The molecule has 0 aliphatic carbocycles. The number of hydrogen-bond acceptors (Lipinski definition) is 4. The SMILES string of the molecule is O=C([O-])[C@@H]1CCCN(S(=O)(=O)c2ccc3ccccc3c2)C1. The predicted octanol–water partition coefficient (Wildman–Crippen LogP) is 0.990. The van der Waals surface area contributed by atoms with Crippen LogP contribution in [0.5, 0.6) is 0 Å². The number of benzene rings is 2. The average Bonchev–Trinajstić information content (AvgIpc) is 2.54. The molecule has 0 unspecified atom stereocenters. The molecule has 0 amide bonds. The highest BCUT2D eigenvalue weighted by atomic mass is 32.2. The largest absolute Gasteiger partial charge is 0.550 e. The highest BCUT2D eigenvalue weighted by molar-refractivity contribution is 7.89. The van der Waals surface area contributed by atoms with Gasteiger partial charge in [0.1, 0.15) is 0 Å². The van der Waals surface area contributed by atoms with Crippen LogP contribution in [0.1, 0.15) is 12.8 Å². The topological polar surface area (TPSA) is 77.5 Å². The zero-order valence-corrected chi connectivity index (χ0v) is 12.8. The smallest absolute Gasteiger partial charge is 0.243 e. The minimum atomic E-state index is -3.68. The summed E-state index contributed by atoms with van der Waals surface area (Å²) in [6.07, 6.45) is 0.998. The fraction of sp³-hybridized carbons (Fsp3) is 0.312. The van der Waals surface area contributed by atoms with Gasteiger partial charge in [-0.05, 0) is 35.7 Å². The summed E-state index contributed by atoms with van der Waals surface area (Å²) in [6.45, 7) is 0.330. The lowest BCUT2D eigenvalue weighted by atomic mass is 10.0. The summed E-state index contributed by atoms with van der Waals surface area (Å²) in [5.41, 5.74) is 0. The Labute approximate surface area is 129 Å². The molecule has 1 saturated heterocycles. The van der Waals surface area contributed by atoms with E-state index in [-0.39, 0.29) is 11.4 Å². The summed E-state index contributed by atoms with van der Waals surface area (Å²) >= 11 is 0. The van der Waals surface area contributed by atoms with Gasteiger partial charge in [0.2, 0.25) is 10.0 Å². The number of nitrogens with zero attached hydrogens (tertiary/aromatic N) is 1. The molecule has 116 valence electrons. The molecule has 0 N–H and O–H groups in total. The second-order valence-electron chi connectivity index (χ2n) is 5.53. The lowest BCUT2D eigenvalue weighted by Gasteiger charge is -2.32. The number of fused-ring (bicyclic) bond motifs is 1. The van der Waals surface area contributed by atoms with Gasteiger partial charge in [-0.15, -0.1) is 0 Å². The van der Waals surface area contributed by atoms with Crippen LogP contribution in [0.15, 0.2) is 47.4 Å². The first kappa shape index (κ1) is 15.0. The van der Waals surface area contributed by atoms with Crippen molar-refractivity contribution in [3.8, 4) is 0 Å². The summed E-state index contributed by atoms with van der Waals surface area (Å²) in [5.74, 6) is -1.91. The van der Waals surface area contributed by atoms with Gasteiger partial charge in [0, 0.05) is 25.0 Å². The van der Waals surface area contributed by atoms with Crippen molar-refractivity contribution in [3.05, 3.63) is 42.5 Å². The van der Waals surface area contributed by atoms with E-state index in [1.54, 1.807) is 18.2 Å². The van der Waals surface area contributed by atoms with Crippen LogP contribution in [0, 0.1) is 5.92 Å². The molecule has 5 nitrogen and oxygen atoms in total. The first-order chi connectivity index (χ1) is 10.5. The first-order valence-electron chi connectivity index (χ1n) is 7.18. The van der Waals surface area contributed by atoms with Crippen LogP contribution in [-0.2, 0) is 14.8 Å². The van der Waals surface area contributed by atoms with Crippen molar-refractivity contribution in [1.82, 2.24) is 4.31 Å². The lowest BCUT2D eigenvalue weighted by Crippen LogP contribution is -2.46. The van der Waals surface area contributed by atoms with Crippen LogP contribution in [-0.4, -0.2) is 31.8 Å². The number of piperidine rings is 1. The summed E-state index contributed by atoms with van der Waals surface area (Å²) in [4.78, 5) is 11.2. The van der Waals surface area contributed by atoms with E-state index in [4.69, 9.17) is 0 Å². The molecule has 2 aromatic rings. The molecule has 1 atom stereocenters. The molecule has 2 aromatic carbocycles. The third-order valence-electron chi connectivity index (χ3n) is 4.08. The molecule has 1 fully saturated rings. The number of carbonyl (C=O) groups excluding carboxylic acids is 1. The number of hydrogen-bond donors (Lipinski definition) is 0. The van der Waals surface area contributed by atoms with Crippen molar-refractivity contribution in [2.24, 2.45) is 5.92 Å². The first-order valence-corrected chi connectivity index (χ1v) is 8.62. The van der Waals surface area contributed by atoms with Gasteiger partial charge < -0.3 is 9.90 Å². The van der Waals surface area contributed by atoms with E-state index in [2.05, 4.69) is 0 Å². The van der Waals surface area contributed by atoms with Gasteiger partial charge in [0.15, 0.2) is 0 Å². The van der Waals surface area contributed by atoms with Crippen molar-refractivity contribution >= 4 is 26.8 Å². The molecule has 3 rings (SSSR count). The summed E-state index contributed by atoms with van der Waals surface area (Å²) in [5, 5.41) is 12.8. The molecular formula is C16H16NO4S-. The maximum absolute atomic E-state index is 12.7. The second-order valence-corrected chi connectivity index (χ2v) is 7.47. The second kappa shape index (κ2) is 5.70. The molecule has 0 bridgehead atoms. The molecule has 0 aromatic heterocycles. The van der Waals surface area contributed by atoms with E-state index in [0.717, 1.165) is 10.8 Å². The molecule has 6 heteroatoms. The fourth-order valence-electron chi connectivity index (χ4n) is 2.83. The number of carbonyl (C=O) groups is 1. The average molecular weight is 318 g/mol. The Bertz CT molecular complexity index is 816. The molecular weight excluding hydrogens is 302 g/mol. The standard InChI is InChI=1S/C16H17NO4S/c18-16(19)14-6-3-9-17(11-14)22(20,21)15-8-7-12-4-1-2-5-13(12)10-15/h1-2,4-5,7-8,10,14H,3,6,9,11H2,(H,18,19)/p-1/t14-/m1/s1. The van der Waals surface area contributed by atoms with E-state index in [0.29, 0.717) is 19.4 Å². The minimum absolute atomic E-state index is 0.0164. The maximum atomic E-state index is 12.7. The highest BCUT2D eigenvalue weighted by Gasteiger charge is 2.30. The lowest BCUT2D eigenvalue weighted by molar-refractivity contribution is -0.312. The van der Waals surface area contributed by atoms with Gasteiger partial charge in [-0.1, -0.05) is 30.3 Å². The van der Waals surface area contributed by atoms with Crippen LogP contribution in [0.4, 0.5) is 0 Å². The normalized spacial score (nSPS) is 20.1. The quantitative estimate of drug-likeness (QED) is 0.845. The summed E-state index contributed by atoms with van der Waals surface area (Å²) in [6, 6.07) is 12.5. The Morgan fingerprint density at radius 1 is 1.14 bits per heavy atom. The van der Waals surface area contributed by atoms with Crippen LogP contribution in [0.2, 0.25) is 0 Å². The fourth-order valence-corrected chi connectivity index (χ4v) is 4.39. The van der Waals surface area contributed by atoms with Crippen LogP contribution in [0.25, 0.3) is 10.8 Å². The van der Waals surface area contributed by atoms with Gasteiger partial charge in [0.25, 0.3) is 0 Å². The van der Waals surface area contributed by atoms with Gasteiger partial charge in [-0.2, -0.15) is 4.31 Å². The zero-order valence-electron chi connectivity index (χ0n) is 11.9. The Morgan fingerprint density at radius 3 is 2.59 bits per heavy atom. The van der Waals surface area contributed by atoms with Crippen LogP contribution in [0.3, 0.4) is 0 Å². The molecule has 1 heterocycles. The number of rotatable bonds is 3. The van der Waals surface area contributed by atoms with Crippen molar-refractivity contribution in [2.45, 2.75) is 17.7 Å². The predicted molar refractivity (Wildman–Crippen MR) is 80.4 cm³/mol. The highest BCUT2D eigenvalue weighted by Crippen LogP contribution is 2.26. The van der Waals surface area contributed by atoms with E-state index in [1.165, 1.54) is 4.31 Å². The summed E-state index contributed by atoms with van der Waals surface area (Å²) in [7, 11) is -3.68. The molecule has 0 spiro atoms. The number of carboxylic acid groups (broad SMARTS) is 1. The third-order valence-corrected chi connectivity index (χ3v) is 5.94. The van der Waals surface area contributed by atoms with Crippen LogP contribution < -0.4 is 5.11 Å². The molecule has 1 aliphatic rings. The Balaban J connectivity index is 1.95. The molecule has 1 aliphatic heterocycles. The van der Waals surface area contributed by atoms with Gasteiger partial charge in [-0.3, -0.25) is 0 Å². The number of carboxylic acids is 1. The van der Waals surface area contributed by atoms with E-state index < -0.39 is 21.9 Å². The van der Waals surface area contributed by atoms with Crippen molar-refractivity contribution in [2.75, 3.05) is 13.1 Å². The molecule has 0 saturated carbocycles. The minimum Gasteiger partial charge on any atom is -0.550 e. The van der Waals surface area contributed by atoms with E-state index in [1.807, 2.05) is 24.3 Å². The van der Waals surface area contributed by atoms with Crippen molar-refractivity contribution < 1.29 is 18.3 Å². The Morgan fingerprint density at radius 2 is 1.86 bits per heavy atom. The maximum Gasteiger partial charge on any atom is 0.243 e. The number of sulfonamides is 1. The molecule has 22 heavy (non-hydrogen) atoms. The van der Waals surface area contributed by atoms with Gasteiger partial charge in [0.05, 0.1) is 4.90 Å². The van der Waals surface area contributed by atoms with Crippen LogP contribution >= 0.6 is 0 Å². The third kappa shape index (κ3) is 2.71. The Kier molecular flexibility index (Phi) is 3.88. The number of aliphatic carboxylic acids is 1. The van der Waals surface area contributed by atoms with E-state index in [9.17, 15) is 18.3 Å². The van der Waals surface area contributed by atoms with Crippen molar-refractivity contribution in [1.29, 1.82) is 0 Å². The summed E-state index contributed by atoms with van der Waals surface area (Å²) < 4.78 is 26.7. The zero-order chi connectivity index (χ0) is 15.7. The van der Waals surface area contributed by atoms with Gasteiger partial charge in [-0.25, -0.2) is 8.42 Å². The van der Waals surface area contributed by atoms with E-state index >= 15 is 0 Å². The monoisotopic (exact) mass is 318 g/mol.